The second kappa shape index (κ2) is 9.61. The first-order valence-electron chi connectivity index (χ1n) is 8.98. The largest absolute Gasteiger partial charge is 0.507 e. The van der Waals surface area contributed by atoms with Gasteiger partial charge in [-0.15, -0.1) is 0 Å². The van der Waals surface area contributed by atoms with Crippen LogP contribution in [0.5, 0.6) is 0 Å². The molecule has 0 aliphatic rings. The Hall–Kier alpha value is -3.39. The van der Waals surface area contributed by atoms with Crippen LogP contribution < -0.4 is 4.72 Å². The maximum Gasteiger partial charge on any atom is 0.307 e. The fourth-order valence-corrected chi connectivity index (χ4v) is 3.76. The summed E-state index contributed by atoms with van der Waals surface area (Å²) >= 11 is 5.73. The lowest BCUT2D eigenvalue weighted by Gasteiger charge is -2.08. The number of para-hydroxylation sites is 2. The number of hydrogen-bond donors (Lipinski definition) is 3. The average Bonchev–Trinajstić information content (AvgIpc) is 3.16. The van der Waals surface area contributed by atoms with E-state index in [9.17, 15) is 23.6 Å². The predicted octanol–water partition coefficient (Wildman–Crippen LogP) is 2.92. The predicted molar refractivity (Wildman–Crippen MR) is 113 cm³/mol. The smallest absolute Gasteiger partial charge is 0.307 e. The van der Waals surface area contributed by atoms with E-state index in [-0.39, 0.29) is 29.3 Å². The molecule has 0 saturated heterocycles. The van der Waals surface area contributed by atoms with Crippen LogP contribution in [-0.4, -0.2) is 42.6 Å². The standard InChI is InChI=1S/C20H17ClN4O5S/c21-13-5-7-14(8-6-13)31(28,29)23-10-9-19(27)30-12-18(26)15(11-22)20-24-16-3-1-2-4-17(16)25-20/h1-8,23,26H,9-10,12H2,(H,24,25). The van der Waals surface area contributed by atoms with Crippen molar-refractivity contribution in [2.45, 2.75) is 11.3 Å². The Labute approximate surface area is 183 Å². The van der Waals surface area contributed by atoms with Crippen LogP contribution in [0, 0.1) is 11.3 Å². The molecule has 0 aliphatic carbocycles. The van der Waals surface area contributed by atoms with Gasteiger partial charge in [0.05, 0.1) is 22.3 Å². The molecule has 160 valence electrons. The molecule has 0 fully saturated rings. The van der Waals surface area contributed by atoms with Crippen molar-refractivity contribution in [2.24, 2.45) is 0 Å². The summed E-state index contributed by atoms with van der Waals surface area (Å²) in [5, 5.41) is 19.9. The Morgan fingerprint density at radius 3 is 2.61 bits per heavy atom. The molecule has 3 N–H and O–H groups in total. The number of sulfonamides is 1. The number of nitrogens with zero attached hydrogens (tertiary/aromatic N) is 2. The molecule has 1 heterocycles. The number of benzene rings is 2. The van der Waals surface area contributed by atoms with Crippen LogP contribution in [0.15, 0.2) is 59.2 Å². The van der Waals surface area contributed by atoms with Gasteiger partial charge in [-0.25, -0.2) is 18.1 Å². The molecule has 11 heteroatoms. The van der Waals surface area contributed by atoms with Gasteiger partial charge in [0.1, 0.15) is 18.2 Å². The lowest BCUT2D eigenvalue weighted by molar-refractivity contribution is -0.143. The number of imidazole rings is 1. The molecule has 0 amide bonds. The highest BCUT2D eigenvalue weighted by Crippen LogP contribution is 2.19. The Morgan fingerprint density at radius 1 is 1.23 bits per heavy atom. The average molecular weight is 461 g/mol. The number of halogens is 1. The SMILES string of the molecule is N#CC(=C(O)COC(=O)CCNS(=O)(=O)c1ccc(Cl)cc1)c1nc2ccccc2[nH]1. The van der Waals surface area contributed by atoms with Crippen molar-refractivity contribution in [3.8, 4) is 6.07 Å². The minimum Gasteiger partial charge on any atom is -0.507 e. The highest BCUT2D eigenvalue weighted by molar-refractivity contribution is 7.89. The fourth-order valence-electron chi connectivity index (χ4n) is 2.60. The Bertz CT molecular complexity index is 1240. The van der Waals surface area contributed by atoms with Crippen molar-refractivity contribution < 1.29 is 23.1 Å². The van der Waals surface area contributed by atoms with Gasteiger partial charge >= 0.3 is 5.97 Å². The van der Waals surface area contributed by atoms with E-state index in [2.05, 4.69) is 14.7 Å². The molecule has 0 spiro atoms. The first-order valence-corrected chi connectivity index (χ1v) is 10.8. The molecule has 31 heavy (non-hydrogen) atoms. The number of carbonyl (C=O) groups excluding carboxylic acids is 1. The van der Waals surface area contributed by atoms with Crippen molar-refractivity contribution >= 4 is 44.2 Å². The number of esters is 1. The van der Waals surface area contributed by atoms with Crippen LogP contribution in [0.4, 0.5) is 0 Å². The zero-order valence-electron chi connectivity index (χ0n) is 16.0. The van der Waals surface area contributed by atoms with Crippen molar-refractivity contribution in [3.05, 3.63) is 65.1 Å². The molecule has 2 aromatic carbocycles. The summed E-state index contributed by atoms with van der Waals surface area (Å²) in [6.45, 7) is -0.758. The summed E-state index contributed by atoms with van der Waals surface area (Å²) in [4.78, 5) is 19.0. The van der Waals surface area contributed by atoms with Gasteiger partial charge in [-0.3, -0.25) is 4.79 Å². The second-order valence-electron chi connectivity index (χ2n) is 6.30. The van der Waals surface area contributed by atoms with E-state index in [0.717, 1.165) is 0 Å². The maximum absolute atomic E-state index is 12.1. The monoisotopic (exact) mass is 460 g/mol. The third-order valence-electron chi connectivity index (χ3n) is 4.14. The van der Waals surface area contributed by atoms with Crippen molar-refractivity contribution in [3.63, 3.8) is 0 Å². The number of aromatic nitrogens is 2. The Kier molecular flexibility index (Phi) is 6.91. The molecule has 0 bridgehead atoms. The fraction of sp³-hybridized carbons (Fsp3) is 0.150. The molecule has 3 rings (SSSR count). The van der Waals surface area contributed by atoms with Crippen LogP contribution in [0.1, 0.15) is 12.2 Å². The van der Waals surface area contributed by atoms with Crippen molar-refractivity contribution in [1.82, 2.24) is 14.7 Å². The molecular formula is C20H17ClN4O5S. The molecule has 3 aromatic rings. The van der Waals surface area contributed by atoms with Crippen LogP contribution in [-0.2, 0) is 19.6 Å². The van der Waals surface area contributed by atoms with Crippen molar-refractivity contribution in [1.29, 1.82) is 5.26 Å². The minimum atomic E-state index is -3.80. The number of aliphatic hydroxyl groups is 1. The third kappa shape index (κ3) is 5.61. The highest BCUT2D eigenvalue weighted by atomic mass is 35.5. The zero-order chi connectivity index (χ0) is 22.4. The minimum absolute atomic E-state index is 0.00958. The highest BCUT2D eigenvalue weighted by Gasteiger charge is 2.17. The van der Waals surface area contributed by atoms with E-state index < -0.39 is 28.4 Å². The molecule has 1 aromatic heterocycles. The van der Waals surface area contributed by atoms with E-state index in [1.165, 1.54) is 24.3 Å². The summed E-state index contributed by atoms with van der Waals surface area (Å²) in [6.07, 6.45) is -0.271. The van der Waals surface area contributed by atoms with Gasteiger partial charge in [0.15, 0.2) is 11.6 Å². The number of ether oxygens (including phenoxy) is 1. The van der Waals surface area contributed by atoms with Crippen molar-refractivity contribution in [2.75, 3.05) is 13.2 Å². The van der Waals surface area contributed by atoms with Crippen LogP contribution >= 0.6 is 11.6 Å². The summed E-state index contributed by atoms with van der Waals surface area (Å²) in [5.74, 6) is -1.09. The molecule has 0 atom stereocenters. The molecule has 0 radical (unpaired) electrons. The van der Waals surface area contributed by atoms with Gasteiger partial charge in [-0.1, -0.05) is 23.7 Å². The van der Waals surface area contributed by atoms with Gasteiger partial charge in [0, 0.05) is 11.6 Å². The number of rotatable bonds is 8. The van der Waals surface area contributed by atoms with Crippen LogP contribution in [0.2, 0.25) is 5.02 Å². The number of nitriles is 1. The molecule has 0 aliphatic heterocycles. The summed E-state index contributed by atoms with van der Waals surface area (Å²) in [5.41, 5.74) is 1.14. The molecular weight excluding hydrogens is 444 g/mol. The van der Waals surface area contributed by atoms with Gasteiger partial charge in [-0.2, -0.15) is 5.26 Å². The number of aromatic amines is 1. The molecule has 0 unspecified atom stereocenters. The van der Waals surface area contributed by atoms with E-state index in [1.54, 1.807) is 24.3 Å². The summed E-state index contributed by atoms with van der Waals surface area (Å²) in [6, 6.07) is 14.5. The summed E-state index contributed by atoms with van der Waals surface area (Å²) < 4.78 is 31.5. The van der Waals surface area contributed by atoms with Crippen LogP contribution in [0.3, 0.4) is 0 Å². The third-order valence-corrected chi connectivity index (χ3v) is 5.87. The van der Waals surface area contributed by atoms with Gasteiger partial charge < -0.3 is 14.8 Å². The van der Waals surface area contributed by atoms with E-state index >= 15 is 0 Å². The number of carbonyl (C=O) groups is 1. The number of allylic oxidation sites excluding steroid dienone is 1. The van der Waals surface area contributed by atoms with E-state index in [4.69, 9.17) is 16.3 Å². The number of H-pyrrole nitrogens is 1. The number of fused-ring (bicyclic) bond motifs is 1. The number of aliphatic hydroxyl groups excluding tert-OH is 1. The van der Waals surface area contributed by atoms with Gasteiger partial charge in [-0.05, 0) is 36.4 Å². The number of hydrogen-bond acceptors (Lipinski definition) is 7. The van der Waals surface area contributed by atoms with E-state index in [1.807, 2.05) is 6.07 Å². The zero-order valence-corrected chi connectivity index (χ0v) is 17.6. The first kappa shape index (κ1) is 22.3. The molecule has 0 saturated carbocycles. The summed E-state index contributed by atoms with van der Waals surface area (Å²) in [7, 11) is -3.80. The quantitative estimate of drug-likeness (QED) is 0.266. The molecule has 9 nitrogen and oxygen atoms in total. The van der Waals surface area contributed by atoms with Crippen LogP contribution in [0.25, 0.3) is 16.6 Å². The van der Waals surface area contributed by atoms with Gasteiger partial charge in [0.25, 0.3) is 0 Å². The lowest BCUT2D eigenvalue weighted by Crippen LogP contribution is -2.27. The lowest BCUT2D eigenvalue weighted by atomic mass is 10.2. The maximum atomic E-state index is 12.1. The normalized spacial score (nSPS) is 12.3. The first-order chi connectivity index (χ1) is 14.8. The second-order valence-corrected chi connectivity index (χ2v) is 8.50. The topological polar surface area (TPSA) is 145 Å². The Balaban J connectivity index is 1.55. The van der Waals surface area contributed by atoms with E-state index in [0.29, 0.717) is 16.1 Å². The Morgan fingerprint density at radius 2 is 1.94 bits per heavy atom. The van der Waals surface area contributed by atoms with Gasteiger partial charge in [0.2, 0.25) is 10.0 Å². The number of nitrogens with one attached hydrogen (secondary N) is 2.